The van der Waals surface area contributed by atoms with Crippen LogP contribution in [0.4, 0.5) is 13.2 Å². The molecule has 11 heteroatoms. The maximum Gasteiger partial charge on any atom is 0.573 e. The summed E-state index contributed by atoms with van der Waals surface area (Å²) in [4.78, 5) is 50.3. The van der Waals surface area contributed by atoms with Crippen LogP contribution in [0.2, 0.25) is 0 Å². The number of amides is 4. The van der Waals surface area contributed by atoms with Crippen LogP contribution in [0.5, 0.6) is 5.75 Å². The molecule has 172 valence electrons. The molecule has 4 rings (SSSR count). The molecule has 0 radical (unpaired) electrons. The molecular weight excluding hydrogens is 443 g/mol. The molecule has 4 amide bonds. The molecule has 1 saturated heterocycles. The van der Waals surface area contributed by atoms with E-state index >= 15 is 0 Å². The van der Waals surface area contributed by atoms with Gasteiger partial charge in [0.15, 0.2) is 0 Å². The van der Waals surface area contributed by atoms with Crippen LogP contribution < -0.4 is 15.4 Å². The number of nitrogens with zero attached hydrogens (tertiary/aromatic N) is 1. The molecule has 33 heavy (non-hydrogen) atoms. The minimum atomic E-state index is -4.82. The molecule has 2 heterocycles. The van der Waals surface area contributed by atoms with Crippen LogP contribution in [0.25, 0.3) is 0 Å². The summed E-state index contributed by atoms with van der Waals surface area (Å²) in [5.74, 6) is -2.17. The first-order chi connectivity index (χ1) is 15.6. The molecule has 1 fully saturated rings. The highest BCUT2D eigenvalue weighted by Crippen LogP contribution is 2.30. The Morgan fingerprint density at radius 2 is 1.85 bits per heavy atom. The summed E-state index contributed by atoms with van der Waals surface area (Å²) in [5, 5.41) is 4.92. The fourth-order valence-corrected chi connectivity index (χ4v) is 3.90. The zero-order valence-corrected chi connectivity index (χ0v) is 17.1. The second-order valence-corrected chi connectivity index (χ2v) is 7.60. The van der Waals surface area contributed by atoms with Crippen LogP contribution in [-0.4, -0.2) is 40.9 Å². The Kier molecular flexibility index (Phi) is 5.79. The van der Waals surface area contributed by atoms with Gasteiger partial charge in [0.2, 0.25) is 11.8 Å². The van der Waals surface area contributed by atoms with E-state index in [9.17, 15) is 32.3 Å². The van der Waals surface area contributed by atoms with Gasteiger partial charge in [-0.15, -0.1) is 13.2 Å². The van der Waals surface area contributed by atoms with E-state index in [0.717, 1.165) is 12.1 Å². The van der Waals surface area contributed by atoms with Crippen molar-refractivity contribution in [2.45, 2.75) is 38.3 Å². The summed E-state index contributed by atoms with van der Waals surface area (Å²) in [5.41, 5.74) is 1.89. The second-order valence-electron chi connectivity index (χ2n) is 7.60. The molecule has 0 bridgehead atoms. The van der Waals surface area contributed by atoms with Gasteiger partial charge in [-0.05, 0) is 47.9 Å². The standard InChI is InChI=1S/C22H18F3N3O5/c23-22(24,25)33-14-6-4-12(5-7-14)19(30)26-10-13-2-1-3-15-16(13)11-28(21(15)32)17-8-9-18(29)27-20(17)31/h1-7,17H,8-11H2,(H,26,30)(H,27,29,31). The molecule has 1 unspecified atom stereocenters. The molecule has 0 saturated carbocycles. The largest absolute Gasteiger partial charge is 0.573 e. The highest BCUT2D eigenvalue weighted by atomic mass is 19.4. The van der Waals surface area contributed by atoms with Gasteiger partial charge >= 0.3 is 6.36 Å². The molecule has 2 aromatic rings. The zero-order valence-electron chi connectivity index (χ0n) is 17.1. The molecule has 8 nitrogen and oxygen atoms in total. The van der Waals surface area contributed by atoms with Crippen molar-refractivity contribution in [1.29, 1.82) is 0 Å². The van der Waals surface area contributed by atoms with Crippen molar-refractivity contribution in [3.8, 4) is 5.75 Å². The van der Waals surface area contributed by atoms with Gasteiger partial charge in [-0.1, -0.05) is 12.1 Å². The van der Waals surface area contributed by atoms with Crippen molar-refractivity contribution in [3.63, 3.8) is 0 Å². The van der Waals surface area contributed by atoms with E-state index in [2.05, 4.69) is 15.4 Å². The van der Waals surface area contributed by atoms with E-state index in [0.29, 0.717) is 16.7 Å². The number of alkyl halides is 3. The molecule has 2 aromatic carbocycles. The van der Waals surface area contributed by atoms with Crippen molar-refractivity contribution in [2.75, 3.05) is 0 Å². The topological polar surface area (TPSA) is 105 Å². The summed E-state index contributed by atoms with van der Waals surface area (Å²) in [7, 11) is 0. The number of rotatable bonds is 5. The van der Waals surface area contributed by atoms with Gasteiger partial charge in [0, 0.05) is 30.6 Å². The molecule has 0 aromatic heterocycles. The Balaban J connectivity index is 1.43. The summed E-state index contributed by atoms with van der Waals surface area (Å²) in [6, 6.07) is 8.78. The fourth-order valence-electron chi connectivity index (χ4n) is 3.90. The Labute approximate surface area is 185 Å². The molecule has 1 atom stereocenters. The quantitative estimate of drug-likeness (QED) is 0.665. The Morgan fingerprint density at radius 1 is 1.12 bits per heavy atom. The van der Waals surface area contributed by atoms with E-state index in [1.54, 1.807) is 18.2 Å². The normalized spacial score (nSPS) is 18.1. The average molecular weight is 461 g/mol. The molecular formula is C22H18F3N3O5. The number of carbonyl (C=O) groups is 4. The second kappa shape index (κ2) is 8.57. The van der Waals surface area contributed by atoms with Gasteiger partial charge in [0.05, 0.1) is 0 Å². The summed E-state index contributed by atoms with van der Waals surface area (Å²) in [6.45, 7) is 0.231. The SMILES string of the molecule is O=C1CCC(N2Cc3c(CNC(=O)c4ccc(OC(F)(F)F)cc4)cccc3C2=O)C(=O)N1. The van der Waals surface area contributed by atoms with Crippen LogP contribution in [0.15, 0.2) is 42.5 Å². The van der Waals surface area contributed by atoms with Crippen LogP contribution in [0, 0.1) is 0 Å². The van der Waals surface area contributed by atoms with Crippen molar-refractivity contribution in [1.82, 2.24) is 15.5 Å². The van der Waals surface area contributed by atoms with Crippen LogP contribution >= 0.6 is 0 Å². The zero-order chi connectivity index (χ0) is 23.8. The lowest BCUT2D eigenvalue weighted by Crippen LogP contribution is -2.52. The van der Waals surface area contributed by atoms with E-state index < -0.39 is 30.0 Å². The number of imide groups is 1. The van der Waals surface area contributed by atoms with Gasteiger partial charge in [-0.2, -0.15) is 0 Å². The summed E-state index contributed by atoms with van der Waals surface area (Å²) in [6.07, 6.45) is -4.44. The average Bonchev–Trinajstić information content (AvgIpc) is 3.08. The van der Waals surface area contributed by atoms with E-state index in [1.807, 2.05) is 0 Å². The number of hydrogen-bond donors (Lipinski definition) is 2. The minimum Gasteiger partial charge on any atom is -0.406 e. The Hall–Kier alpha value is -3.89. The van der Waals surface area contributed by atoms with Gasteiger partial charge < -0.3 is 15.0 Å². The minimum absolute atomic E-state index is 0.0687. The lowest BCUT2D eigenvalue weighted by Gasteiger charge is -2.29. The number of nitrogens with one attached hydrogen (secondary N) is 2. The van der Waals surface area contributed by atoms with Crippen LogP contribution in [-0.2, 0) is 22.7 Å². The first kappa shape index (κ1) is 22.3. The number of benzene rings is 2. The predicted octanol–water partition coefficient (Wildman–Crippen LogP) is 2.28. The van der Waals surface area contributed by atoms with E-state index in [4.69, 9.17) is 0 Å². The summed E-state index contributed by atoms with van der Waals surface area (Å²) >= 11 is 0. The van der Waals surface area contributed by atoms with E-state index in [1.165, 1.54) is 17.0 Å². The van der Waals surface area contributed by atoms with Crippen LogP contribution in [0.3, 0.4) is 0 Å². The van der Waals surface area contributed by atoms with Crippen molar-refractivity contribution in [3.05, 3.63) is 64.7 Å². The first-order valence-corrected chi connectivity index (χ1v) is 10.0. The van der Waals surface area contributed by atoms with Crippen molar-refractivity contribution in [2.24, 2.45) is 0 Å². The molecule has 2 aliphatic rings. The van der Waals surface area contributed by atoms with Crippen LogP contribution in [0.1, 0.15) is 44.7 Å². The number of ether oxygens (including phenoxy) is 1. The van der Waals surface area contributed by atoms with Crippen molar-refractivity contribution < 1.29 is 37.1 Å². The first-order valence-electron chi connectivity index (χ1n) is 10.0. The lowest BCUT2D eigenvalue weighted by molar-refractivity contribution is -0.274. The van der Waals surface area contributed by atoms with Gasteiger partial charge in [0.1, 0.15) is 11.8 Å². The number of halogens is 3. The third kappa shape index (κ3) is 4.81. The molecule has 0 aliphatic carbocycles. The number of hydrogen-bond acceptors (Lipinski definition) is 5. The molecule has 0 spiro atoms. The number of carbonyl (C=O) groups excluding carboxylic acids is 4. The fraction of sp³-hybridized carbons (Fsp3) is 0.273. The van der Waals surface area contributed by atoms with Gasteiger partial charge in [-0.25, -0.2) is 0 Å². The highest BCUT2D eigenvalue weighted by Gasteiger charge is 2.39. The van der Waals surface area contributed by atoms with Gasteiger partial charge in [-0.3, -0.25) is 24.5 Å². The number of piperidine rings is 1. The monoisotopic (exact) mass is 461 g/mol. The maximum atomic E-state index is 12.8. The predicted molar refractivity (Wildman–Crippen MR) is 107 cm³/mol. The third-order valence-corrected chi connectivity index (χ3v) is 5.47. The van der Waals surface area contributed by atoms with E-state index in [-0.39, 0.29) is 43.3 Å². The number of fused-ring (bicyclic) bond motifs is 1. The lowest BCUT2D eigenvalue weighted by atomic mass is 10.0. The highest BCUT2D eigenvalue weighted by molar-refractivity contribution is 6.05. The third-order valence-electron chi connectivity index (χ3n) is 5.47. The maximum absolute atomic E-state index is 12.8. The molecule has 2 N–H and O–H groups in total. The van der Waals surface area contributed by atoms with Crippen molar-refractivity contribution >= 4 is 23.6 Å². The summed E-state index contributed by atoms with van der Waals surface area (Å²) < 4.78 is 40.6. The smallest absolute Gasteiger partial charge is 0.406 e. The Bertz CT molecular complexity index is 1130. The molecule has 2 aliphatic heterocycles. The Morgan fingerprint density at radius 3 is 2.52 bits per heavy atom. The van der Waals surface area contributed by atoms with Gasteiger partial charge in [0.25, 0.3) is 11.8 Å².